The summed E-state index contributed by atoms with van der Waals surface area (Å²) >= 11 is 0. The fourth-order valence-corrected chi connectivity index (χ4v) is 0.938. The number of carboxylic acids is 1. The number of carboxylic acid groups (broad SMARTS) is 1. The first kappa shape index (κ1) is 13.9. The lowest BCUT2D eigenvalue weighted by Crippen LogP contribution is -2.36. The molecule has 0 saturated heterocycles. The fraction of sp³-hybridized carbons (Fsp3) is 0.778. The van der Waals surface area contributed by atoms with Crippen LogP contribution in [0, 0.1) is 0 Å². The van der Waals surface area contributed by atoms with Crippen LogP contribution in [-0.4, -0.2) is 35.7 Å². The van der Waals surface area contributed by atoms with Gasteiger partial charge in [-0.1, -0.05) is 6.42 Å². The number of hydrogen-bond donors (Lipinski definition) is 3. The molecule has 1 unspecified atom stereocenters. The Labute approximate surface area is 88.6 Å². The van der Waals surface area contributed by atoms with Gasteiger partial charge in [-0.05, 0) is 26.3 Å². The third-order valence-electron chi connectivity index (χ3n) is 1.91. The molecule has 5 N–H and O–H groups in total. The van der Waals surface area contributed by atoms with Crippen molar-refractivity contribution >= 4 is 11.9 Å². The zero-order chi connectivity index (χ0) is 11.8. The van der Waals surface area contributed by atoms with Gasteiger partial charge < -0.3 is 21.3 Å². The second-order valence-electron chi connectivity index (χ2n) is 3.31. The molecule has 0 heterocycles. The second-order valence-corrected chi connectivity index (χ2v) is 3.31. The predicted molar refractivity (Wildman–Crippen MR) is 54.1 cm³/mol. The SMILES string of the molecule is CC(OC(=O)[C@@H](N)CCCCN)C(=O)O. The number of aliphatic carboxylic acids is 1. The summed E-state index contributed by atoms with van der Waals surface area (Å²) in [6.07, 6.45) is 0.824. The van der Waals surface area contributed by atoms with Crippen LogP contribution in [0.3, 0.4) is 0 Å². The Balaban J connectivity index is 3.83. The van der Waals surface area contributed by atoms with Crippen molar-refractivity contribution in [2.75, 3.05) is 6.54 Å². The molecule has 0 aliphatic carbocycles. The van der Waals surface area contributed by atoms with E-state index in [2.05, 4.69) is 4.74 Å². The van der Waals surface area contributed by atoms with Crippen LogP contribution >= 0.6 is 0 Å². The molecule has 6 nitrogen and oxygen atoms in total. The molecule has 88 valence electrons. The van der Waals surface area contributed by atoms with Gasteiger partial charge in [-0.2, -0.15) is 0 Å². The van der Waals surface area contributed by atoms with Crippen LogP contribution in [0.2, 0.25) is 0 Å². The van der Waals surface area contributed by atoms with E-state index in [9.17, 15) is 9.59 Å². The average molecular weight is 218 g/mol. The number of nitrogens with two attached hydrogens (primary N) is 2. The lowest BCUT2D eigenvalue weighted by Gasteiger charge is -2.13. The van der Waals surface area contributed by atoms with E-state index < -0.39 is 24.1 Å². The highest BCUT2D eigenvalue weighted by Gasteiger charge is 2.21. The molecule has 0 rings (SSSR count). The van der Waals surface area contributed by atoms with Crippen LogP contribution < -0.4 is 11.5 Å². The standard InChI is InChI=1S/C9H18N2O4/c1-6(8(12)13)15-9(14)7(11)4-2-3-5-10/h6-7H,2-5,10-11H2,1H3,(H,12,13)/t6?,7-/m0/s1. The highest BCUT2D eigenvalue weighted by Crippen LogP contribution is 2.02. The lowest BCUT2D eigenvalue weighted by molar-refractivity contribution is -0.163. The minimum atomic E-state index is -1.18. The minimum Gasteiger partial charge on any atom is -0.479 e. The number of carbonyl (C=O) groups excluding carboxylic acids is 1. The van der Waals surface area contributed by atoms with Crippen LogP contribution in [0.15, 0.2) is 0 Å². The number of unbranched alkanes of at least 4 members (excludes halogenated alkanes) is 1. The molecular formula is C9H18N2O4. The maximum Gasteiger partial charge on any atom is 0.344 e. The van der Waals surface area contributed by atoms with Crippen LogP contribution in [0.4, 0.5) is 0 Å². The first-order chi connectivity index (χ1) is 6.99. The summed E-state index contributed by atoms with van der Waals surface area (Å²) in [4.78, 5) is 21.6. The number of carbonyl (C=O) groups is 2. The summed E-state index contributed by atoms with van der Waals surface area (Å²) in [5, 5.41) is 8.49. The van der Waals surface area contributed by atoms with Crippen LogP contribution in [0.5, 0.6) is 0 Å². The van der Waals surface area contributed by atoms with Crippen molar-refractivity contribution in [3.63, 3.8) is 0 Å². The molecule has 0 bridgehead atoms. The molecule has 0 aliphatic heterocycles. The molecule has 0 fully saturated rings. The largest absolute Gasteiger partial charge is 0.479 e. The van der Waals surface area contributed by atoms with Crippen LogP contribution in [0.25, 0.3) is 0 Å². The van der Waals surface area contributed by atoms with E-state index in [1.165, 1.54) is 6.92 Å². The van der Waals surface area contributed by atoms with Crippen molar-refractivity contribution in [2.45, 2.75) is 38.3 Å². The maximum absolute atomic E-state index is 11.2. The molecular weight excluding hydrogens is 200 g/mol. The topological polar surface area (TPSA) is 116 Å². The molecule has 6 heteroatoms. The molecule has 15 heavy (non-hydrogen) atoms. The van der Waals surface area contributed by atoms with Crippen molar-refractivity contribution in [3.8, 4) is 0 Å². The average Bonchev–Trinajstić information content (AvgIpc) is 2.17. The highest BCUT2D eigenvalue weighted by molar-refractivity contribution is 5.80. The molecule has 0 spiro atoms. The molecule has 0 radical (unpaired) electrons. The Morgan fingerprint density at radius 3 is 2.47 bits per heavy atom. The fourth-order valence-electron chi connectivity index (χ4n) is 0.938. The van der Waals surface area contributed by atoms with Gasteiger partial charge in [-0.15, -0.1) is 0 Å². The number of hydrogen-bond acceptors (Lipinski definition) is 5. The van der Waals surface area contributed by atoms with E-state index in [4.69, 9.17) is 16.6 Å². The summed E-state index contributed by atoms with van der Waals surface area (Å²) in [6, 6.07) is -0.765. The molecule has 0 amide bonds. The van der Waals surface area contributed by atoms with Crippen LogP contribution in [-0.2, 0) is 14.3 Å². The summed E-state index contributed by atoms with van der Waals surface area (Å²) in [7, 11) is 0. The quantitative estimate of drug-likeness (QED) is 0.390. The van der Waals surface area contributed by atoms with Crippen LogP contribution in [0.1, 0.15) is 26.2 Å². The van der Waals surface area contributed by atoms with E-state index in [1.54, 1.807) is 0 Å². The number of ether oxygens (including phenoxy) is 1. The molecule has 0 aromatic heterocycles. The summed E-state index contributed by atoms with van der Waals surface area (Å²) in [5.74, 6) is -1.86. The van der Waals surface area contributed by atoms with E-state index in [0.717, 1.165) is 12.8 Å². The summed E-state index contributed by atoms with van der Waals surface area (Å²) in [5.41, 5.74) is 10.8. The molecule has 0 aromatic carbocycles. The molecule has 0 aromatic rings. The third kappa shape index (κ3) is 6.03. The molecule has 2 atom stereocenters. The van der Waals surface area contributed by atoms with Crippen molar-refractivity contribution in [1.82, 2.24) is 0 Å². The van der Waals surface area contributed by atoms with Gasteiger partial charge in [0.15, 0.2) is 6.10 Å². The van der Waals surface area contributed by atoms with E-state index in [0.29, 0.717) is 13.0 Å². The van der Waals surface area contributed by atoms with Gasteiger partial charge in [0.05, 0.1) is 0 Å². The maximum atomic E-state index is 11.2. The summed E-state index contributed by atoms with van der Waals surface area (Å²) < 4.78 is 4.61. The van der Waals surface area contributed by atoms with E-state index in [1.807, 2.05) is 0 Å². The highest BCUT2D eigenvalue weighted by atomic mass is 16.6. The minimum absolute atomic E-state index is 0.461. The van der Waals surface area contributed by atoms with Gasteiger partial charge in [-0.3, -0.25) is 4.79 Å². The first-order valence-corrected chi connectivity index (χ1v) is 4.88. The van der Waals surface area contributed by atoms with Gasteiger partial charge in [0.1, 0.15) is 6.04 Å². The third-order valence-corrected chi connectivity index (χ3v) is 1.91. The Morgan fingerprint density at radius 2 is 2.00 bits per heavy atom. The molecule has 0 aliphatic rings. The lowest BCUT2D eigenvalue weighted by atomic mass is 10.1. The van der Waals surface area contributed by atoms with Gasteiger partial charge in [0, 0.05) is 0 Å². The van der Waals surface area contributed by atoms with E-state index >= 15 is 0 Å². The zero-order valence-corrected chi connectivity index (χ0v) is 8.81. The van der Waals surface area contributed by atoms with Crippen molar-refractivity contribution in [1.29, 1.82) is 0 Å². The normalized spacial score (nSPS) is 14.3. The van der Waals surface area contributed by atoms with Gasteiger partial charge in [0.25, 0.3) is 0 Å². The Hall–Kier alpha value is -1.14. The number of esters is 1. The second kappa shape index (κ2) is 7.19. The Kier molecular flexibility index (Phi) is 6.64. The van der Waals surface area contributed by atoms with Gasteiger partial charge >= 0.3 is 11.9 Å². The summed E-state index contributed by atoms with van der Waals surface area (Å²) in [6.45, 7) is 1.83. The predicted octanol–water partition coefficient (Wildman–Crippen LogP) is -0.541. The van der Waals surface area contributed by atoms with Gasteiger partial charge in [0.2, 0.25) is 0 Å². The van der Waals surface area contributed by atoms with Gasteiger partial charge in [-0.25, -0.2) is 4.79 Å². The van der Waals surface area contributed by atoms with Crippen molar-refractivity contribution in [3.05, 3.63) is 0 Å². The monoisotopic (exact) mass is 218 g/mol. The van der Waals surface area contributed by atoms with Crippen molar-refractivity contribution in [2.24, 2.45) is 11.5 Å². The molecule has 0 saturated carbocycles. The Morgan fingerprint density at radius 1 is 1.40 bits per heavy atom. The zero-order valence-electron chi connectivity index (χ0n) is 8.81. The Bertz CT molecular complexity index is 220. The smallest absolute Gasteiger partial charge is 0.344 e. The number of rotatable bonds is 7. The first-order valence-electron chi connectivity index (χ1n) is 4.88. The van der Waals surface area contributed by atoms with E-state index in [-0.39, 0.29) is 0 Å². The van der Waals surface area contributed by atoms with Crippen molar-refractivity contribution < 1.29 is 19.4 Å².